The van der Waals surface area contributed by atoms with E-state index in [0.717, 1.165) is 16.9 Å². The third kappa shape index (κ3) is 2.48. The molecular weight excluding hydrogens is 302 g/mol. The van der Waals surface area contributed by atoms with Gasteiger partial charge in [-0.15, -0.1) is 11.3 Å². The first-order valence-corrected chi connectivity index (χ1v) is 6.79. The zero-order valence-corrected chi connectivity index (χ0v) is 11.6. The summed E-state index contributed by atoms with van der Waals surface area (Å²) in [5.74, 6) is 0.169. The summed E-state index contributed by atoms with van der Waals surface area (Å²) in [7, 11) is 0. The first-order valence-electron chi connectivity index (χ1n) is 5.60. The summed E-state index contributed by atoms with van der Waals surface area (Å²) in [6.07, 6.45) is 4.85. The molecule has 20 heavy (non-hydrogen) atoms. The van der Waals surface area contributed by atoms with Crippen LogP contribution in [0.5, 0.6) is 11.5 Å². The zero-order valence-electron chi connectivity index (χ0n) is 10.00. The van der Waals surface area contributed by atoms with Gasteiger partial charge in [0.15, 0.2) is 11.5 Å². The molecule has 7 heteroatoms. The van der Waals surface area contributed by atoms with E-state index in [1.807, 2.05) is 0 Å². The van der Waals surface area contributed by atoms with Gasteiger partial charge in [-0.2, -0.15) is 0 Å². The molecule has 0 unspecified atom stereocenters. The van der Waals surface area contributed by atoms with Crippen molar-refractivity contribution in [1.82, 2.24) is 4.98 Å². The van der Waals surface area contributed by atoms with Crippen molar-refractivity contribution in [2.45, 2.75) is 0 Å². The maximum absolute atomic E-state index is 10.8. The van der Waals surface area contributed by atoms with E-state index in [4.69, 9.17) is 26.2 Å². The monoisotopic (exact) mass is 309 g/mol. The van der Waals surface area contributed by atoms with Crippen LogP contribution in [0, 0.1) is 0 Å². The SMILES string of the molecule is O=C(O)c1cnc(/C=C/c2cc(Cl)c3c(c2)OCO3)s1. The van der Waals surface area contributed by atoms with Gasteiger partial charge in [-0.1, -0.05) is 17.7 Å². The number of carbonyl (C=O) groups is 1. The average molecular weight is 310 g/mol. The number of rotatable bonds is 3. The molecule has 2 aromatic rings. The van der Waals surface area contributed by atoms with Crippen LogP contribution in [0.25, 0.3) is 12.2 Å². The van der Waals surface area contributed by atoms with Gasteiger partial charge in [-0.05, 0) is 23.8 Å². The maximum atomic E-state index is 10.8. The Kier molecular flexibility index (Phi) is 3.33. The second-order valence-corrected chi connectivity index (χ2v) is 5.41. The molecule has 1 aliphatic heterocycles. The highest BCUT2D eigenvalue weighted by atomic mass is 35.5. The van der Waals surface area contributed by atoms with Crippen LogP contribution in [-0.4, -0.2) is 22.9 Å². The van der Waals surface area contributed by atoms with E-state index in [0.29, 0.717) is 21.5 Å². The van der Waals surface area contributed by atoms with Gasteiger partial charge in [0.1, 0.15) is 9.88 Å². The largest absolute Gasteiger partial charge is 0.477 e. The van der Waals surface area contributed by atoms with Gasteiger partial charge >= 0.3 is 5.97 Å². The molecule has 3 rings (SSSR count). The number of aromatic carboxylic acids is 1. The number of fused-ring (bicyclic) bond motifs is 1. The normalized spacial score (nSPS) is 13.1. The molecule has 0 saturated carbocycles. The highest BCUT2D eigenvalue weighted by molar-refractivity contribution is 7.14. The Hall–Kier alpha value is -2.05. The molecule has 0 atom stereocenters. The predicted octanol–water partition coefficient (Wildman–Crippen LogP) is 3.39. The quantitative estimate of drug-likeness (QED) is 0.941. The summed E-state index contributed by atoms with van der Waals surface area (Å²) >= 11 is 7.18. The van der Waals surface area contributed by atoms with Crippen LogP contribution in [0.2, 0.25) is 5.02 Å². The second-order valence-electron chi connectivity index (χ2n) is 3.94. The summed E-state index contributed by atoms with van der Waals surface area (Å²) in [5.41, 5.74) is 0.825. The molecule has 0 radical (unpaired) electrons. The lowest BCUT2D eigenvalue weighted by Gasteiger charge is -2.00. The van der Waals surface area contributed by atoms with Crippen LogP contribution in [0.3, 0.4) is 0 Å². The van der Waals surface area contributed by atoms with Crippen molar-refractivity contribution in [2.24, 2.45) is 0 Å². The topological polar surface area (TPSA) is 68.7 Å². The number of hydrogen-bond acceptors (Lipinski definition) is 5. The molecule has 102 valence electrons. The van der Waals surface area contributed by atoms with E-state index in [1.165, 1.54) is 6.20 Å². The van der Waals surface area contributed by atoms with Crippen molar-refractivity contribution in [2.75, 3.05) is 6.79 Å². The molecule has 0 amide bonds. The lowest BCUT2D eigenvalue weighted by molar-refractivity contribution is 0.0702. The standard InChI is InChI=1S/C13H8ClNO4S/c14-8-3-7(4-9-12(8)19-6-18-9)1-2-11-15-5-10(20-11)13(16)17/h1-5H,6H2,(H,16,17)/b2-1+. The Morgan fingerprint density at radius 2 is 2.25 bits per heavy atom. The molecule has 2 heterocycles. The summed E-state index contributed by atoms with van der Waals surface area (Å²) in [4.78, 5) is 15.0. The van der Waals surface area contributed by atoms with Crippen LogP contribution < -0.4 is 9.47 Å². The smallest absolute Gasteiger partial charge is 0.347 e. The van der Waals surface area contributed by atoms with Gasteiger partial charge in [0.05, 0.1) is 11.2 Å². The molecule has 5 nitrogen and oxygen atoms in total. The molecule has 0 saturated heterocycles. The highest BCUT2D eigenvalue weighted by Gasteiger charge is 2.17. The molecule has 1 aliphatic rings. The van der Waals surface area contributed by atoms with Crippen LogP contribution >= 0.6 is 22.9 Å². The third-order valence-electron chi connectivity index (χ3n) is 2.60. The van der Waals surface area contributed by atoms with E-state index >= 15 is 0 Å². The van der Waals surface area contributed by atoms with Crippen LogP contribution in [0.1, 0.15) is 20.2 Å². The number of benzene rings is 1. The van der Waals surface area contributed by atoms with Gasteiger partial charge in [-0.3, -0.25) is 0 Å². The number of halogens is 1. The van der Waals surface area contributed by atoms with Gasteiger partial charge in [0, 0.05) is 0 Å². The zero-order chi connectivity index (χ0) is 14.1. The molecular formula is C13H8ClNO4S. The molecule has 0 spiro atoms. The van der Waals surface area contributed by atoms with Gasteiger partial charge in [0.25, 0.3) is 0 Å². The van der Waals surface area contributed by atoms with Crippen molar-refractivity contribution in [3.05, 3.63) is 38.8 Å². The molecule has 1 aromatic heterocycles. The summed E-state index contributed by atoms with van der Waals surface area (Å²) in [6, 6.07) is 3.55. The Labute approximate surface area is 123 Å². The lowest BCUT2D eigenvalue weighted by atomic mass is 10.2. The minimum absolute atomic E-state index is 0.163. The van der Waals surface area contributed by atoms with Crippen LogP contribution in [0.4, 0.5) is 0 Å². The van der Waals surface area contributed by atoms with E-state index in [2.05, 4.69) is 4.98 Å². The van der Waals surface area contributed by atoms with E-state index in [-0.39, 0.29) is 11.7 Å². The fourth-order valence-corrected chi connectivity index (χ4v) is 2.65. The van der Waals surface area contributed by atoms with Gasteiger partial charge < -0.3 is 14.6 Å². The lowest BCUT2D eigenvalue weighted by Crippen LogP contribution is -1.93. The first kappa shape index (κ1) is 13.0. The van der Waals surface area contributed by atoms with Crippen LogP contribution in [0.15, 0.2) is 18.3 Å². The minimum Gasteiger partial charge on any atom is -0.477 e. The average Bonchev–Trinajstić information content (AvgIpc) is 3.05. The summed E-state index contributed by atoms with van der Waals surface area (Å²) in [5, 5.41) is 9.91. The minimum atomic E-state index is -0.978. The third-order valence-corrected chi connectivity index (χ3v) is 3.83. The summed E-state index contributed by atoms with van der Waals surface area (Å²) in [6.45, 7) is 0.163. The fraction of sp³-hybridized carbons (Fsp3) is 0.0769. The molecule has 1 aromatic carbocycles. The Morgan fingerprint density at radius 1 is 1.40 bits per heavy atom. The Bertz CT molecular complexity index is 710. The van der Waals surface area contributed by atoms with E-state index < -0.39 is 5.97 Å². The fourth-order valence-electron chi connectivity index (χ4n) is 1.71. The van der Waals surface area contributed by atoms with Crippen LogP contribution in [-0.2, 0) is 0 Å². The number of aromatic nitrogens is 1. The number of nitrogens with zero attached hydrogens (tertiary/aromatic N) is 1. The maximum Gasteiger partial charge on any atom is 0.347 e. The number of hydrogen-bond donors (Lipinski definition) is 1. The highest BCUT2D eigenvalue weighted by Crippen LogP contribution is 2.40. The predicted molar refractivity (Wildman–Crippen MR) is 75.6 cm³/mol. The van der Waals surface area contributed by atoms with Crippen molar-refractivity contribution in [3.8, 4) is 11.5 Å². The molecule has 0 aliphatic carbocycles. The van der Waals surface area contributed by atoms with E-state index in [1.54, 1.807) is 24.3 Å². The van der Waals surface area contributed by atoms with Gasteiger partial charge in [-0.25, -0.2) is 9.78 Å². The van der Waals surface area contributed by atoms with Crippen molar-refractivity contribution >= 4 is 41.1 Å². The van der Waals surface area contributed by atoms with Gasteiger partial charge in [0.2, 0.25) is 6.79 Å². The van der Waals surface area contributed by atoms with Crippen molar-refractivity contribution in [1.29, 1.82) is 0 Å². The first-order chi connectivity index (χ1) is 9.63. The van der Waals surface area contributed by atoms with Crippen molar-refractivity contribution < 1.29 is 19.4 Å². The van der Waals surface area contributed by atoms with E-state index in [9.17, 15) is 4.79 Å². The number of thiazole rings is 1. The molecule has 1 N–H and O–H groups in total. The molecule has 0 fully saturated rings. The Balaban J connectivity index is 1.85. The van der Waals surface area contributed by atoms with Crippen molar-refractivity contribution in [3.63, 3.8) is 0 Å². The summed E-state index contributed by atoms with van der Waals surface area (Å²) < 4.78 is 10.5. The molecule has 0 bridgehead atoms. The number of carboxylic acid groups (broad SMARTS) is 1. The second kappa shape index (κ2) is 5.15. The Morgan fingerprint density at radius 3 is 3.00 bits per heavy atom. The number of ether oxygens (including phenoxy) is 2. The number of carboxylic acids is 1.